The molecule has 1 aliphatic rings. The quantitative estimate of drug-likeness (QED) is 0.362. The van der Waals surface area contributed by atoms with Gasteiger partial charge in [0.05, 0.1) is 28.9 Å². The van der Waals surface area contributed by atoms with Crippen molar-refractivity contribution in [3.63, 3.8) is 0 Å². The first-order valence-electron chi connectivity index (χ1n) is 10.2. The SMILES string of the molecule is CC(C)OCCCn1c(SCC(=O)NCC2CCCO2)nc2ccccc2c1=O. The molecule has 1 aliphatic heterocycles. The summed E-state index contributed by atoms with van der Waals surface area (Å²) >= 11 is 1.29. The van der Waals surface area contributed by atoms with Gasteiger partial charge in [-0.2, -0.15) is 0 Å². The van der Waals surface area contributed by atoms with E-state index >= 15 is 0 Å². The molecule has 3 rings (SSSR count). The molecular formula is C21H29N3O4S. The van der Waals surface area contributed by atoms with E-state index in [2.05, 4.69) is 10.3 Å². The topological polar surface area (TPSA) is 82.4 Å². The maximum absolute atomic E-state index is 13.0. The van der Waals surface area contributed by atoms with E-state index in [0.29, 0.717) is 42.2 Å². The monoisotopic (exact) mass is 419 g/mol. The van der Waals surface area contributed by atoms with Gasteiger partial charge in [0.1, 0.15) is 0 Å². The summed E-state index contributed by atoms with van der Waals surface area (Å²) in [5.74, 6) is 0.127. The Morgan fingerprint density at radius 1 is 1.41 bits per heavy atom. The highest BCUT2D eigenvalue weighted by molar-refractivity contribution is 7.99. The number of hydrogen-bond acceptors (Lipinski definition) is 6. The van der Waals surface area contributed by atoms with Gasteiger partial charge in [-0.3, -0.25) is 14.2 Å². The van der Waals surface area contributed by atoms with Crippen LogP contribution in [-0.4, -0.2) is 53.2 Å². The number of para-hydroxylation sites is 1. The average Bonchev–Trinajstić information content (AvgIpc) is 3.23. The number of amides is 1. The molecule has 2 heterocycles. The third-order valence-electron chi connectivity index (χ3n) is 4.69. The number of thioether (sulfide) groups is 1. The molecule has 2 aromatic rings. The Hall–Kier alpha value is -1.90. The van der Waals surface area contributed by atoms with Crippen LogP contribution in [0.15, 0.2) is 34.2 Å². The van der Waals surface area contributed by atoms with Crippen molar-refractivity contribution in [2.75, 3.05) is 25.5 Å². The van der Waals surface area contributed by atoms with Crippen LogP contribution in [0.5, 0.6) is 0 Å². The van der Waals surface area contributed by atoms with Gasteiger partial charge in [-0.15, -0.1) is 0 Å². The number of benzene rings is 1. The molecule has 0 bridgehead atoms. The van der Waals surface area contributed by atoms with Crippen molar-refractivity contribution in [2.45, 2.75) is 57.0 Å². The number of hydrogen-bond donors (Lipinski definition) is 1. The molecule has 1 fully saturated rings. The first-order chi connectivity index (χ1) is 14.0. The largest absolute Gasteiger partial charge is 0.379 e. The molecule has 0 spiro atoms. The Morgan fingerprint density at radius 2 is 2.24 bits per heavy atom. The van der Waals surface area contributed by atoms with Crippen molar-refractivity contribution < 1.29 is 14.3 Å². The van der Waals surface area contributed by atoms with Crippen LogP contribution in [0.3, 0.4) is 0 Å². The van der Waals surface area contributed by atoms with E-state index < -0.39 is 0 Å². The van der Waals surface area contributed by atoms with E-state index in [9.17, 15) is 9.59 Å². The lowest BCUT2D eigenvalue weighted by Crippen LogP contribution is -2.33. The van der Waals surface area contributed by atoms with E-state index in [1.807, 2.05) is 32.0 Å². The van der Waals surface area contributed by atoms with Crippen LogP contribution in [0.1, 0.15) is 33.1 Å². The summed E-state index contributed by atoms with van der Waals surface area (Å²) in [5, 5.41) is 4.06. The molecule has 1 unspecified atom stereocenters. The fourth-order valence-electron chi connectivity index (χ4n) is 3.21. The Labute approximate surface area is 175 Å². The third-order valence-corrected chi connectivity index (χ3v) is 5.66. The highest BCUT2D eigenvalue weighted by Gasteiger charge is 2.17. The number of ether oxygens (including phenoxy) is 2. The minimum Gasteiger partial charge on any atom is -0.379 e. The second kappa shape index (κ2) is 10.8. The van der Waals surface area contributed by atoms with Crippen LogP contribution in [0.2, 0.25) is 0 Å². The molecule has 29 heavy (non-hydrogen) atoms. The normalized spacial score (nSPS) is 16.6. The van der Waals surface area contributed by atoms with Crippen molar-refractivity contribution in [3.05, 3.63) is 34.6 Å². The number of nitrogens with zero attached hydrogens (tertiary/aromatic N) is 2. The van der Waals surface area contributed by atoms with Crippen LogP contribution >= 0.6 is 11.8 Å². The van der Waals surface area contributed by atoms with Crippen molar-refractivity contribution in [1.82, 2.24) is 14.9 Å². The molecule has 158 valence electrons. The van der Waals surface area contributed by atoms with Gasteiger partial charge in [-0.1, -0.05) is 23.9 Å². The van der Waals surface area contributed by atoms with Gasteiger partial charge in [0, 0.05) is 26.3 Å². The zero-order chi connectivity index (χ0) is 20.6. The number of aromatic nitrogens is 2. The van der Waals surface area contributed by atoms with E-state index in [1.54, 1.807) is 10.6 Å². The molecule has 1 atom stereocenters. The second-order valence-corrected chi connectivity index (χ2v) is 8.31. The molecule has 1 N–H and O–H groups in total. The summed E-state index contributed by atoms with van der Waals surface area (Å²) in [7, 11) is 0. The minimum absolute atomic E-state index is 0.0809. The standard InChI is InChI=1S/C21H29N3O4S/c1-15(2)27-12-6-10-24-20(26)17-8-3-4-9-18(17)23-21(24)29-14-19(25)22-13-16-7-5-11-28-16/h3-4,8-9,15-16H,5-7,10-14H2,1-2H3,(H,22,25). The van der Waals surface area contributed by atoms with Gasteiger partial charge in [-0.05, 0) is 45.2 Å². The molecule has 1 amide bonds. The number of carbonyl (C=O) groups is 1. The summed E-state index contributed by atoms with van der Waals surface area (Å²) in [4.78, 5) is 29.9. The van der Waals surface area contributed by atoms with Crippen molar-refractivity contribution in [1.29, 1.82) is 0 Å². The van der Waals surface area contributed by atoms with Crippen LogP contribution in [0, 0.1) is 0 Å². The lowest BCUT2D eigenvalue weighted by atomic mass is 10.2. The van der Waals surface area contributed by atoms with Crippen LogP contribution < -0.4 is 10.9 Å². The molecular weight excluding hydrogens is 390 g/mol. The summed E-state index contributed by atoms with van der Waals surface area (Å²) in [6.07, 6.45) is 3.00. The van der Waals surface area contributed by atoms with Crippen LogP contribution in [-0.2, 0) is 20.8 Å². The van der Waals surface area contributed by atoms with Crippen molar-refractivity contribution >= 4 is 28.6 Å². The van der Waals surface area contributed by atoms with E-state index in [4.69, 9.17) is 9.47 Å². The lowest BCUT2D eigenvalue weighted by Gasteiger charge is -2.14. The molecule has 0 saturated carbocycles. The first kappa shape index (κ1) is 21.8. The Balaban J connectivity index is 1.67. The molecule has 1 aromatic heterocycles. The van der Waals surface area contributed by atoms with Gasteiger partial charge in [0.25, 0.3) is 5.56 Å². The van der Waals surface area contributed by atoms with Gasteiger partial charge in [0.15, 0.2) is 5.16 Å². The predicted octanol–water partition coefficient (Wildman–Crippen LogP) is 2.60. The van der Waals surface area contributed by atoms with E-state index in [0.717, 1.165) is 19.4 Å². The number of carbonyl (C=O) groups excluding carboxylic acids is 1. The predicted molar refractivity (Wildman–Crippen MR) is 114 cm³/mol. The zero-order valence-electron chi connectivity index (χ0n) is 17.1. The van der Waals surface area contributed by atoms with Crippen LogP contribution in [0.4, 0.5) is 0 Å². The van der Waals surface area contributed by atoms with Crippen LogP contribution in [0.25, 0.3) is 10.9 Å². The third kappa shape index (κ3) is 6.29. The van der Waals surface area contributed by atoms with E-state index in [1.165, 1.54) is 11.8 Å². The highest BCUT2D eigenvalue weighted by Crippen LogP contribution is 2.18. The summed E-state index contributed by atoms with van der Waals surface area (Å²) in [6, 6.07) is 7.31. The fraction of sp³-hybridized carbons (Fsp3) is 0.571. The summed E-state index contributed by atoms with van der Waals surface area (Å²) in [6.45, 7) is 6.35. The fourth-order valence-corrected chi connectivity index (χ4v) is 4.07. The molecule has 0 radical (unpaired) electrons. The van der Waals surface area contributed by atoms with Gasteiger partial charge in [-0.25, -0.2) is 4.98 Å². The summed E-state index contributed by atoms with van der Waals surface area (Å²) in [5.41, 5.74) is 0.567. The average molecular weight is 420 g/mol. The van der Waals surface area contributed by atoms with E-state index in [-0.39, 0.29) is 29.4 Å². The maximum atomic E-state index is 13.0. The van der Waals surface area contributed by atoms with Crippen molar-refractivity contribution in [3.8, 4) is 0 Å². The maximum Gasteiger partial charge on any atom is 0.262 e. The smallest absolute Gasteiger partial charge is 0.262 e. The number of rotatable bonds is 10. The highest BCUT2D eigenvalue weighted by atomic mass is 32.2. The first-order valence-corrected chi connectivity index (χ1v) is 11.2. The lowest BCUT2D eigenvalue weighted by molar-refractivity contribution is -0.119. The second-order valence-electron chi connectivity index (χ2n) is 7.37. The minimum atomic E-state index is -0.0811. The van der Waals surface area contributed by atoms with Gasteiger partial charge >= 0.3 is 0 Å². The molecule has 7 nitrogen and oxygen atoms in total. The number of fused-ring (bicyclic) bond motifs is 1. The summed E-state index contributed by atoms with van der Waals surface area (Å²) < 4.78 is 12.8. The number of nitrogens with one attached hydrogen (secondary N) is 1. The Kier molecular flexibility index (Phi) is 8.09. The Morgan fingerprint density at radius 3 is 3.00 bits per heavy atom. The Bertz CT molecular complexity index is 878. The molecule has 0 aliphatic carbocycles. The van der Waals surface area contributed by atoms with Gasteiger partial charge < -0.3 is 14.8 Å². The molecule has 8 heteroatoms. The van der Waals surface area contributed by atoms with Gasteiger partial charge in [0.2, 0.25) is 5.91 Å². The molecule has 1 aromatic carbocycles. The molecule has 1 saturated heterocycles. The van der Waals surface area contributed by atoms with Crippen molar-refractivity contribution in [2.24, 2.45) is 0 Å². The zero-order valence-corrected chi connectivity index (χ0v) is 17.9.